The van der Waals surface area contributed by atoms with Gasteiger partial charge in [-0.3, -0.25) is 4.79 Å². The lowest BCUT2D eigenvalue weighted by atomic mass is 9.44. The summed E-state index contributed by atoms with van der Waals surface area (Å²) in [6, 6.07) is 0. The molecule has 0 heterocycles. The van der Waals surface area contributed by atoms with Gasteiger partial charge in [0.25, 0.3) is 0 Å². The lowest BCUT2D eigenvalue weighted by Crippen LogP contribution is -2.55. The maximum absolute atomic E-state index is 11.3. The van der Waals surface area contributed by atoms with Gasteiger partial charge in [-0.05, 0) is 66.6 Å². The van der Waals surface area contributed by atoms with Crippen LogP contribution in [-0.4, -0.2) is 23.8 Å². The van der Waals surface area contributed by atoms with E-state index in [-0.39, 0.29) is 17.5 Å². The molecule has 0 aromatic heterocycles. The predicted octanol–water partition coefficient (Wildman–Crippen LogP) is 4.43. The molecule has 0 radical (unpaired) electrons. The van der Waals surface area contributed by atoms with Crippen molar-refractivity contribution in [1.82, 2.24) is 0 Å². The Morgan fingerprint density at radius 1 is 1.16 bits per heavy atom. The zero-order valence-electron chi connectivity index (χ0n) is 16.7. The minimum absolute atomic E-state index is 0.0238. The van der Waals surface area contributed by atoms with Crippen LogP contribution in [0.25, 0.3) is 0 Å². The molecule has 4 saturated carbocycles. The standard InChI is InChI=1S/C22H36O3/c1-13(23)25-12-16-19-14-7-8-17-20(2,3)9-6-10-21(17,4)15(14)11-18(24)22(16,19)5/h14-19,24H,6-12H2,1-5H3/t14-,15+,16-,17+,18-,19-,21-,22-/m1/s1. The molecule has 3 heteroatoms. The molecule has 4 fully saturated rings. The summed E-state index contributed by atoms with van der Waals surface area (Å²) < 4.78 is 5.37. The van der Waals surface area contributed by atoms with Crippen LogP contribution in [0.4, 0.5) is 0 Å². The number of esters is 1. The van der Waals surface area contributed by atoms with Gasteiger partial charge in [-0.25, -0.2) is 0 Å². The summed E-state index contributed by atoms with van der Waals surface area (Å²) in [5, 5.41) is 11.0. The van der Waals surface area contributed by atoms with Crippen molar-refractivity contribution < 1.29 is 14.6 Å². The minimum Gasteiger partial charge on any atom is -0.466 e. The number of aliphatic hydroxyl groups is 1. The first-order valence-electron chi connectivity index (χ1n) is 10.4. The molecule has 0 unspecified atom stereocenters. The number of fused-ring (bicyclic) bond motifs is 5. The van der Waals surface area contributed by atoms with E-state index in [0.717, 1.165) is 12.3 Å². The molecule has 4 aliphatic carbocycles. The molecule has 0 aliphatic heterocycles. The Balaban J connectivity index is 1.60. The molecule has 4 aliphatic rings. The topological polar surface area (TPSA) is 46.5 Å². The van der Waals surface area contributed by atoms with Crippen molar-refractivity contribution in [2.24, 2.45) is 45.8 Å². The summed E-state index contributed by atoms with van der Waals surface area (Å²) in [5.74, 6) is 2.85. The molecule has 0 bridgehead atoms. The van der Waals surface area contributed by atoms with Crippen LogP contribution in [0.15, 0.2) is 0 Å². The predicted molar refractivity (Wildman–Crippen MR) is 97.8 cm³/mol. The van der Waals surface area contributed by atoms with Gasteiger partial charge >= 0.3 is 5.97 Å². The van der Waals surface area contributed by atoms with E-state index in [1.54, 1.807) is 0 Å². The Hall–Kier alpha value is -0.570. The highest BCUT2D eigenvalue weighted by molar-refractivity contribution is 5.65. The Bertz CT molecular complexity index is 570. The highest BCUT2D eigenvalue weighted by atomic mass is 16.5. The molecule has 25 heavy (non-hydrogen) atoms. The Kier molecular flexibility index (Phi) is 3.90. The van der Waals surface area contributed by atoms with E-state index < -0.39 is 0 Å². The van der Waals surface area contributed by atoms with Crippen molar-refractivity contribution >= 4 is 5.97 Å². The van der Waals surface area contributed by atoms with Gasteiger partial charge in [0.05, 0.1) is 12.7 Å². The third-order valence-corrected chi connectivity index (χ3v) is 9.39. The molecule has 0 amide bonds. The Morgan fingerprint density at radius 3 is 2.56 bits per heavy atom. The fraction of sp³-hybridized carbons (Fsp3) is 0.955. The van der Waals surface area contributed by atoms with Crippen molar-refractivity contribution in [3.8, 4) is 0 Å². The van der Waals surface area contributed by atoms with Gasteiger partial charge in [0.15, 0.2) is 0 Å². The van der Waals surface area contributed by atoms with E-state index in [2.05, 4.69) is 27.7 Å². The van der Waals surface area contributed by atoms with Crippen molar-refractivity contribution in [3.63, 3.8) is 0 Å². The number of rotatable bonds is 2. The zero-order chi connectivity index (χ0) is 18.2. The Labute approximate surface area is 152 Å². The number of ether oxygens (including phenoxy) is 1. The van der Waals surface area contributed by atoms with E-state index in [0.29, 0.717) is 41.1 Å². The van der Waals surface area contributed by atoms with Gasteiger partial charge in [-0.2, -0.15) is 0 Å². The first kappa shape index (κ1) is 17.8. The van der Waals surface area contributed by atoms with E-state index in [1.807, 2.05) is 0 Å². The number of hydrogen-bond donors (Lipinski definition) is 1. The molecule has 3 nitrogen and oxygen atoms in total. The molecule has 0 aromatic rings. The average molecular weight is 349 g/mol. The van der Waals surface area contributed by atoms with Crippen molar-refractivity contribution in [3.05, 3.63) is 0 Å². The maximum Gasteiger partial charge on any atom is 0.302 e. The van der Waals surface area contributed by atoms with Crippen LogP contribution in [0.1, 0.15) is 73.1 Å². The van der Waals surface area contributed by atoms with Crippen molar-refractivity contribution in [1.29, 1.82) is 0 Å². The van der Waals surface area contributed by atoms with Crippen LogP contribution < -0.4 is 0 Å². The zero-order valence-corrected chi connectivity index (χ0v) is 16.7. The normalized spacial score (nSPS) is 53.2. The SMILES string of the molecule is CC(=O)OC[C@@H]1[C@H]2[C@@H]3CC[C@H]4C(C)(C)CCC[C@]4(C)[C@H]3C[C@@H](O)[C@]21C. The van der Waals surface area contributed by atoms with Crippen LogP contribution in [0.2, 0.25) is 0 Å². The summed E-state index contributed by atoms with van der Waals surface area (Å²) in [6.07, 6.45) is 7.37. The first-order chi connectivity index (χ1) is 11.6. The van der Waals surface area contributed by atoms with Crippen molar-refractivity contribution in [2.75, 3.05) is 6.61 Å². The first-order valence-corrected chi connectivity index (χ1v) is 10.4. The summed E-state index contributed by atoms with van der Waals surface area (Å²) in [6.45, 7) is 11.7. The van der Waals surface area contributed by atoms with Crippen LogP contribution in [-0.2, 0) is 9.53 Å². The molecule has 4 rings (SSSR count). The van der Waals surface area contributed by atoms with E-state index in [1.165, 1.54) is 39.0 Å². The van der Waals surface area contributed by atoms with Crippen molar-refractivity contribution in [2.45, 2.75) is 79.2 Å². The second-order valence-corrected chi connectivity index (χ2v) is 10.8. The van der Waals surface area contributed by atoms with Crippen LogP contribution in [0.3, 0.4) is 0 Å². The van der Waals surface area contributed by atoms with Gasteiger partial charge in [-0.1, -0.05) is 34.1 Å². The minimum atomic E-state index is -0.236. The maximum atomic E-state index is 11.3. The van der Waals surface area contributed by atoms with Gasteiger partial charge in [0, 0.05) is 18.3 Å². The van der Waals surface area contributed by atoms with E-state index >= 15 is 0 Å². The number of aliphatic hydroxyl groups excluding tert-OH is 1. The van der Waals surface area contributed by atoms with Gasteiger partial charge < -0.3 is 9.84 Å². The van der Waals surface area contributed by atoms with Crippen LogP contribution >= 0.6 is 0 Å². The molecule has 0 saturated heterocycles. The summed E-state index contributed by atoms with van der Waals surface area (Å²) in [5.41, 5.74) is 0.788. The smallest absolute Gasteiger partial charge is 0.302 e. The molecule has 1 N–H and O–H groups in total. The lowest BCUT2D eigenvalue weighted by molar-refractivity contribution is -0.141. The average Bonchev–Trinajstić information content (AvgIpc) is 3.12. The summed E-state index contributed by atoms with van der Waals surface area (Å²) in [4.78, 5) is 11.3. The fourth-order valence-corrected chi connectivity index (χ4v) is 8.13. The summed E-state index contributed by atoms with van der Waals surface area (Å²) >= 11 is 0. The van der Waals surface area contributed by atoms with Gasteiger partial charge in [0.1, 0.15) is 0 Å². The highest BCUT2D eigenvalue weighted by Gasteiger charge is 2.73. The monoisotopic (exact) mass is 348 g/mol. The molecular formula is C22H36O3. The quantitative estimate of drug-likeness (QED) is 0.751. The summed E-state index contributed by atoms with van der Waals surface area (Å²) in [7, 11) is 0. The van der Waals surface area contributed by atoms with Gasteiger partial charge in [0.2, 0.25) is 0 Å². The van der Waals surface area contributed by atoms with Gasteiger partial charge in [-0.15, -0.1) is 0 Å². The Morgan fingerprint density at radius 2 is 1.88 bits per heavy atom. The van der Waals surface area contributed by atoms with E-state index in [4.69, 9.17) is 4.74 Å². The highest BCUT2D eigenvalue weighted by Crippen LogP contribution is 2.75. The fourth-order valence-electron chi connectivity index (χ4n) is 8.13. The third-order valence-electron chi connectivity index (χ3n) is 9.39. The second-order valence-electron chi connectivity index (χ2n) is 10.8. The third kappa shape index (κ3) is 2.37. The van der Waals surface area contributed by atoms with Crippen LogP contribution in [0.5, 0.6) is 0 Å². The molecule has 142 valence electrons. The molecule has 0 aromatic carbocycles. The molecular weight excluding hydrogens is 312 g/mol. The molecule has 0 spiro atoms. The second kappa shape index (κ2) is 5.47. The lowest BCUT2D eigenvalue weighted by Gasteiger charge is -2.61. The number of hydrogen-bond acceptors (Lipinski definition) is 3. The largest absolute Gasteiger partial charge is 0.466 e. The number of carbonyl (C=O) groups excluding carboxylic acids is 1. The number of carbonyl (C=O) groups is 1. The molecule has 8 atom stereocenters. The van der Waals surface area contributed by atoms with E-state index in [9.17, 15) is 9.90 Å². The van der Waals surface area contributed by atoms with Crippen LogP contribution in [0, 0.1) is 45.8 Å².